The standard InChI is InChI=1S/C22H34IN5O/c1-16(29)19-5-3-17(4-6-19)11-26(2)12-18-9-24-22(25-10-18)28-20-7-8-21(28)14-27(13-20)15-23/h9-10,17,19-21H,3-8,11-15H2,1-2H3/t17-,19+,20?,21?. The number of nitrogens with zero attached hydrogens (tertiary/aromatic N) is 5. The van der Waals surface area contributed by atoms with Gasteiger partial charge >= 0.3 is 0 Å². The molecule has 1 aromatic rings. The number of carbonyl (C=O) groups excluding carboxylic acids is 1. The molecule has 2 saturated heterocycles. The average molecular weight is 511 g/mol. The van der Waals surface area contributed by atoms with Crippen LogP contribution in [-0.4, -0.2) is 68.9 Å². The molecule has 3 heterocycles. The van der Waals surface area contributed by atoms with Crippen LogP contribution in [0.15, 0.2) is 12.4 Å². The number of Topliss-reactive ketones (excluding diaryl/α,β-unsaturated/α-hetero) is 1. The summed E-state index contributed by atoms with van der Waals surface area (Å²) in [6.45, 7) is 6.01. The molecule has 0 N–H and O–H groups in total. The van der Waals surface area contributed by atoms with Crippen molar-refractivity contribution in [2.45, 2.75) is 64.1 Å². The maximum atomic E-state index is 11.6. The number of anilines is 1. The van der Waals surface area contributed by atoms with Crippen LogP contribution in [0.3, 0.4) is 0 Å². The van der Waals surface area contributed by atoms with E-state index in [0.717, 1.165) is 49.5 Å². The Hall–Kier alpha value is -0.800. The molecule has 160 valence electrons. The van der Waals surface area contributed by atoms with Crippen LogP contribution in [0.25, 0.3) is 0 Å². The van der Waals surface area contributed by atoms with E-state index < -0.39 is 0 Å². The highest BCUT2D eigenvalue weighted by Crippen LogP contribution is 2.33. The van der Waals surface area contributed by atoms with Gasteiger partial charge in [0.15, 0.2) is 0 Å². The number of likely N-dealkylation sites (tertiary alicyclic amines) is 1. The highest BCUT2D eigenvalue weighted by molar-refractivity contribution is 14.1. The molecule has 2 aliphatic heterocycles. The summed E-state index contributed by atoms with van der Waals surface area (Å²) in [5.74, 6) is 2.31. The van der Waals surface area contributed by atoms with Crippen molar-refractivity contribution in [2.24, 2.45) is 11.8 Å². The van der Waals surface area contributed by atoms with Crippen molar-refractivity contribution < 1.29 is 4.79 Å². The zero-order chi connectivity index (χ0) is 20.4. The molecule has 2 bridgehead atoms. The van der Waals surface area contributed by atoms with Gasteiger partial charge < -0.3 is 9.80 Å². The summed E-state index contributed by atoms with van der Waals surface area (Å²) in [6, 6.07) is 1.14. The SMILES string of the molecule is CC(=O)[C@H]1CC[C@@H](CN(C)Cc2cnc(N3C4CCC3CN(CI)C4)nc2)CC1. The number of fused-ring (bicyclic) bond motifs is 2. The number of aromatic nitrogens is 2. The predicted octanol–water partition coefficient (Wildman–Crippen LogP) is 3.35. The topological polar surface area (TPSA) is 52.6 Å². The van der Waals surface area contributed by atoms with Crippen LogP contribution in [0.5, 0.6) is 0 Å². The second kappa shape index (κ2) is 9.56. The highest BCUT2D eigenvalue weighted by atomic mass is 127. The van der Waals surface area contributed by atoms with Gasteiger partial charge in [0.1, 0.15) is 5.78 Å². The summed E-state index contributed by atoms with van der Waals surface area (Å²) in [5.41, 5.74) is 1.19. The lowest BCUT2D eigenvalue weighted by Gasteiger charge is -2.40. The average Bonchev–Trinajstić information content (AvgIpc) is 2.98. The summed E-state index contributed by atoms with van der Waals surface area (Å²) >= 11 is 2.47. The van der Waals surface area contributed by atoms with Crippen LogP contribution in [0.4, 0.5) is 5.95 Å². The number of alkyl halides is 1. The first kappa shape index (κ1) is 21.4. The van der Waals surface area contributed by atoms with Gasteiger partial charge in [0.25, 0.3) is 0 Å². The minimum atomic E-state index is 0.312. The second-order valence-corrected chi connectivity index (χ2v) is 10.0. The number of ketones is 1. The van der Waals surface area contributed by atoms with Crippen molar-refractivity contribution in [1.29, 1.82) is 0 Å². The molecule has 3 aliphatic rings. The Labute approximate surface area is 188 Å². The van der Waals surface area contributed by atoms with Crippen LogP contribution in [0, 0.1) is 11.8 Å². The van der Waals surface area contributed by atoms with Crippen molar-refractivity contribution in [2.75, 3.05) is 36.1 Å². The lowest BCUT2D eigenvalue weighted by atomic mass is 9.80. The summed E-state index contributed by atoms with van der Waals surface area (Å²) in [6.07, 6.45) is 11.1. The van der Waals surface area contributed by atoms with Gasteiger partial charge in [-0.3, -0.25) is 9.69 Å². The normalized spacial score (nSPS) is 30.1. The predicted molar refractivity (Wildman–Crippen MR) is 124 cm³/mol. The van der Waals surface area contributed by atoms with E-state index in [9.17, 15) is 4.79 Å². The third kappa shape index (κ3) is 5.10. The lowest BCUT2D eigenvalue weighted by molar-refractivity contribution is -0.121. The monoisotopic (exact) mass is 511 g/mol. The Balaban J connectivity index is 1.28. The Morgan fingerprint density at radius 2 is 1.72 bits per heavy atom. The lowest BCUT2D eigenvalue weighted by Crippen LogP contribution is -2.54. The van der Waals surface area contributed by atoms with Crippen LogP contribution < -0.4 is 4.90 Å². The summed E-state index contributed by atoms with van der Waals surface area (Å²) in [7, 11) is 2.19. The van der Waals surface area contributed by atoms with Crippen LogP contribution in [0.2, 0.25) is 0 Å². The third-order valence-corrected chi connectivity index (χ3v) is 8.06. The van der Waals surface area contributed by atoms with E-state index >= 15 is 0 Å². The zero-order valence-electron chi connectivity index (χ0n) is 17.8. The molecular formula is C22H34IN5O. The van der Waals surface area contributed by atoms with E-state index in [4.69, 9.17) is 9.97 Å². The smallest absolute Gasteiger partial charge is 0.225 e. The minimum Gasteiger partial charge on any atom is -0.332 e. The molecule has 2 unspecified atom stereocenters. The molecule has 1 aliphatic carbocycles. The summed E-state index contributed by atoms with van der Waals surface area (Å²) in [5, 5.41) is 0. The first-order chi connectivity index (χ1) is 14.0. The molecule has 3 fully saturated rings. The summed E-state index contributed by atoms with van der Waals surface area (Å²) in [4.78, 5) is 28.5. The molecule has 29 heavy (non-hydrogen) atoms. The fraction of sp³-hybridized carbons (Fsp3) is 0.773. The molecular weight excluding hydrogens is 477 g/mol. The Morgan fingerprint density at radius 3 is 2.28 bits per heavy atom. The fourth-order valence-electron chi connectivity index (χ4n) is 5.55. The van der Waals surface area contributed by atoms with Crippen molar-refractivity contribution in [3.8, 4) is 0 Å². The first-order valence-electron chi connectivity index (χ1n) is 11.1. The van der Waals surface area contributed by atoms with Crippen LogP contribution in [0.1, 0.15) is 51.0 Å². The van der Waals surface area contributed by atoms with Crippen molar-refractivity contribution in [3.63, 3.8) is 0 Å². The van der Waals surface area contributed by atoms with E-state index in [1.54, 1.807) is 6.92 Å². The Kier molecular flexibility index (Phi) is 7.06. The molecule has 0 radical (unpaired) electrons. The van der Waals surface area contributed by atoms with E-state index in [1.165, 1.54) is 31.2 Å². The van der Waals surface area contributed by atoms with E-state index in [0.29, 0.717) is 29.7 Å². The molecule has 6 nitrogen and oxygen atoms in total. The number of hydrogen-bond acceptors (Lipinski definition) is 6. The Morgan fingerprint density at radius 1 is 1.10 bits per heavy atom. The Bertz CT molecular complexity index is 677. The van der Waals surface area contributed by atoms with Gasteiger partial charge in [-0.1, -0.05) is 22.6 Å². The molecule has 2 atom stereocenters. The van der Waals surface area contributed by atoms with Crippen LogP contribution in [-0.2, 0) is 11.3 Å². The molecule has 0 amide bonds. The highest BCUT2D eigenvalue weighted by Gasteiger charge is 2.40. The van der Waals surface area contributed by atoms with Crippen molar-refractivity contribution >= 4 is 34.3 Å². The second-order valence-electron chi connectivity index (χ2n) is 9.36. The van der Waals surface area contributed by atoms with Crippen LogP contribution >= 0.6 is 22.6 Å². The first-order valence-corrected chi connectivity index (χ1v) is 12.6. The van der Waals surface area contributed by atoms with Gasteiger partial charge in [-0.25, -0.2) is 9.97 Å². The van der Waals surface area contributed by atoms with Gasteiger partial charge in [-0.15, -0.1) is 0 Å². The zero-order valence-corrected chi connectivity index (χ0v) is 19.9. The van der Waals surface area contributed by atoms with Gasteiger partial charge in [-0.2, -0.15) is 0 Å². The molecule has 0 spiro atoms. The summed E-state index contributed by atoms with van der Waals surface area (Å²) < 4.78 is 1.11. The van der Waals surface area contributed by atoms with Gasteiger partial charge in [-0.05, 0) is 58.4 Å². The van der Waals surface area contributed by atoms with Crippen molar-refractivity contribution in [3.05, 3.63) is 18.0 Å². The van der Waals surface area contributed by atoms with E-state index in [-0.39, 0.29) is 0 Å². The molecule has 1 aromatic heterocycles. The van der Waals surface area contributed by atoms with Gasteiger partial charge in [0, 0.05) is 62.1 Å². The number of rotatable bonds is 7. The van der Waals surface area contributed by atoms with Crippen molar-refractivity contribution in [1.82, 2.24) is 19.8 Å². The number of piperazine rings is 1. The van der Waals surface area contributed by atoms with E-state index in [2.05, 4.69) is 44.3 Å². The third-order valence-electron chi connectivity index (χ3n) is 7.09. The molecule has 4 rings (SSSR count). The quantitative estimate of drug-likeness (QED) is 0.318. The molecule has 0 aromatic carbocycles. The molecule has 7 heteroatoms. The minimum absolute atomic E-state index is 0.312. The fourth-order valence-corrected chi connectivity index (χ4v) is 6.10. The number of hydrogen-bond donors (Lipinski definition) is 0. The van der Waals surface area contributed by atoms with E-state index in [1.807, 2.05) is 12.4 Å². The maximum absolute atomic E-state index is 11.6. The largest absolute Gasteiger partial charge is 0.332 e. The maximum Gasteiger partial charge on any atom is 0.225 e. The van der Waals surface area contributed by atoms with Gasteiger partial charge in [0.05, 0.1) is 4.55 Å². The van der Waals surface area contributed by atoms with Gasteiger partial charge in [0.2, 0.25) is 5.95 Å². The number of halogens is 1. The molecule has 1 saturated carbocycles. The number of carbonyl (C=O) groups is 1.